The molecule has 1 heterocycles. The summed E-state index contributed by atoms with van der Waals surface area (Å²) in [6, 6.07) is 14.1. The highest BCUT2D eigenvalue weighted by Gasteiger charge is 2.35. The summed E-state index contributed by atoms with van der Waals surface area (Å²) in [6.07, 6.45) is 0.0993. The van der Waals surface area contributed by atoms with Crippen molar-refractivity contribution in [1.29, 1.82) is 0 Å². The summed E-state index contributed by atoms with van der Waals surface area (Å²) in [6.45, 7) is 2.19. The third-order valence-electron chi connectivity index (χ3n) is 4.32. The van der Waals surface area contributed by atoms with Crippen LogP contribution in [0.3, 0.4) is 0 Å². The highest BCUT2D eigenvalue weighted by atomic mass is 35.5. The van der Waals surface area contributed by atoms with E-state index in [0.717, 1.165) is 11.3 Å². The lowest BCUT2D eigenvalue weighted by molar-refractivity contribution is -0.126. The Labute approximate surface area is 156 Å². The number of carbonyl (C=O) groups is 3. The first kappa shape index (κ1) is 17.9. The lowest BCUT2D eigenvalue weighted by atomic mass is 10.1. The molecule has 1 atom stereocenters. The highest BCUT2D eigenvalue weighted by molar-refractivity contribution is 6.33. The maximum Gasteiger partial charge on any atom is 0.271 e. The maximum absolute atomic E-state index is 12.3. The van der Waals surface area contributed by atoms with Crippen molar-refractivity contribution in [2.24, 2.45) is 5.92 Å². The zero-order chi connectivity index (χ0) is 18.7. The van der Waals surface area contributed by atoms with Crippen molar-refractivity contribution < 1.29 is 14.4 Å². The highest BCUT2D eigenvalue weighted by Crippen LogP contribution is 2.27. The number of benzene rings is 2. The molecule has 2 aromatic carbocycles. The van der Waals surface area contributed by atoms with E-state index in [-0.39, 0.29) is 24.4 Å². The van der Waals surface area contributed by atoms with Crippen LogP contribution in [-0.4, -0.2) is 24.3 Å². The number of hydrogen-bond acceptors (Lipinski definition) is 3. The van der Waals surface area contributed by atoms with Crippen LogP contribution in [0.5, 0.6) is 0 Å². The largest absolute Gasteiger partial charge is 0.311 e. The maximum atomic E-state index is 12.3. The van der Waals surface area contributed by atoms with E-state index in [1.54, 1.807) is 29.2 Å². The second-order valence-electron chi connectivity index (χ2n) is 6.12. The van der Waals surface area contributed by atoms with Crippen LogP contribution in [0.1, 0.15) is 22.3 Å². The van der Waals surface area contributed by atoms with E-state index in [1.165, 1.54) is 0 Å². The lowest BCUT2D eigenvalue weighted by Gasteiger charge is -2.19. The van der Waals surface area contributed by atoms with Gasteiger partial charge in [-0.25, -0.2) is 0 Å². The van der Waals surface area contributed by atoms with Crippen molar-refractivity contribution in [3.8, 4) is 0 Å². The molecule has 3 amide bonds. The van der Waals surface area contributed by atoms with Gasteiger partial charge in [-0.15, -0.1) is 0 Å². The van der Waals surface area contributed by atoms with Gasteiger partial charge in [0, 0.05) is 18.7 Å². The van der Waals surface area contributed by atoms with Crippen LogP contribution >= 0.6 is 11.6 Å². The van der Waals surface area contributed by atoms with E-state index in [0.29, 0.717) is 5.02 Å². The van der Waals surface area contributed by atoms with Gasteiger partial charge in [-0.3, -0.25) is 25.2 Å². The lowest BCUT2D eigenvalue weighted by Crippen LogP contribution is -2.45. The Balaban J connectivity index is 1.61. The van der Waals surface area contributed by atoms with E-state index in [2.05, 4.69) is 10.9 Å². The summed E-state index contributed by atoms with van der Waals surface area (Å²) < 4.78 is 0. The summed E-state index contributed by atoms with van der Waals surface area (Å²) in [7, 11) is 0. The Bertz CT molecular complexity index is 869. The van der Waals surface area contributed by atoms with E-state index in [9.17, 15) is 14.4 Å². The van der Waals surface area contributed by atoms with Gasteiger partial charge in [-0.1, -0.05) is 41.9 Å². The molecule has 1 aliphatic heterocycles. The number of nitrogens with one attached hydrogen (secondary N) is 2. The minimum atomic E-state index is -0.534. The van der Waals surface area contributed by atoms with Gasteiger partial charge in [0.2, 0.25) is 11.8 Å². The first-order chi connectivity index (χ1) is 12.5. The predicted molar refractivity (Wildman–Crippen MR) is 98.7 cm³/mol. The van der Waals surface area contributed by atoms with Crippen molar-refractivity contribution in [2.45, 2.75) is 13.3 Å². The number of aryl methyl sites for hydroxylation is 1. The van der Waals surface area contributed by atoms with Gasteiger partial charge in [0.15, 0.2) is 0 Å². The fraction of sp³-hybridized carbons (Fsp3) is 0.211. The molecular weight excluding hydrogens is 354 g/mol. The van der Waals surface area contributed by atoms with Crippen LogP contribution < -0.4 is 15.8 Å². The number of amides is 3. The van der Waals surface area contributed by atoms with Gasteiger partial charge in [0.1, 0.15) is 0 Å². The smallest absolute Gasteiger partial charge is 0.271 e. The summed E-state index contributed by atoms with van der Waals surface area (Å²) in [5, 5.41) is 0.293. The number of hydrogen-bond donors (Lipinski definition) is 2. The van der Waals surface area contributed by atoms with Gasteiger partial charge >= 0.3 is 0 Å². The van der Waals surface area contributed by atoms with Crippen LogP contribution in [-0.2, 0) is 9.59 Å². The van der Waals surface area contributed by atoms with Crippen LogP contribution in [0, 0.1) is 12.8 Å². The van der Waals surface area contributed by atoms with Crippen LogP contribution in [0.4, 0.5) is 5.69 Å². The topological polar surface area (TPSA) is 78.5 Å². The Morgan fingerprint density at radius 3 is 2.50 bits per heavy atom. The SMILES string of the molecule is Cc1ccccc1N1C[C@@H](C(=O)NNC(=O)c2ccccc2Cl)CC1=O. The van der Waals surface area contributed by atoms with Gasteiger partial charge in [0.25, 0.3) is 5.91 Å². The van der Waals surface area contributed by atoms with Crippen LogP contribution in [0.15, 0.2) is 48.5 Å². The number of rotatable bonds is 3. The molecule has 2 N–H and O–H groups in total. The van der Waals surface area contributed by atoms with Crippen molar-refractivity contribution in [3.05, 3.63) is 64.7 Å². The van der Waals surface area contributed by atoms with Crippen molar-refractivity contribution in [1.82, 2.24) is 10.9 Å². The zero-order valence-corrected chi connectivity index (χ0v) is 14.9. The van der Waals surface area contributed by atoms with Gasteiger partial charge in [-0.05, 0) is 30.7 Å². The monoisotopic (exact) mass is 371 g/mol. The van der Waals surface area contributed by atoms with E-state index in [1.807, 2.05) is 31.2 Å². The number of nitrogens with zero attached hydrogens (tertiary/aromatic N) is 1. The van der Waals surface area contributed by atoms with Gasteiger partial charge < -0.3 is 4.90 Å². The number of para-hydroxylation sites is 1. The molecule has 6 nitrogen and oxygen atoms in total. The minimum Gasteiger partial charge on any atom is -0.311 e. The zero-order valence-electron chi connectivity index (χ0n) is 14.2. The quantitative estimate of drug-likeness (QED) is 0.813. The average Bonchev–Trinajstić information content (AvgIpc) is 3.02. The predicted octanol–water partition coefficient (Wildman–Crippen LogP) is 2.46. The number of carbonyl (C=O) groups excluding carboxylic acids is 3. The molecule has 0 radical (unpaired) electrons. The molecule has 2 aromatic rings. The van der Waals surface area contributed by atoms with Crippen molar-refractivity contribution >= 4 is 35.0 Å². The standard InChI is InChI=1S/C19H18ClN3O3/c1-12-6-2-5-9-16(12)23-11-13(10-17(23)24)18(25)21-22-19(26)14-7-3-4-8-15(14)20/h2-9,13H,10-11H2,1H3,(H,21,25)(H,22,26)/t13-/m0/s1. The Kier molecular flexibility index (Phi) is 5.23. The third-order valence-corrected chi connectivity index (χ3v) is 4.65. The fourth-order valence-corrected chi connectivity index (χ4v) is 3.14. The summed E-state index contributed by atoms with van der Waals surface area (Å²) >= 11 is 5.96. The molecule has 1 saturated heterocycles. The van der Waals surface area contributed by atoms with Crippen LogP contribution in [0.25, 0.3) is 0 Å². The molecule has 0 saturated carbocycles. The molecular formula is C19H18ClN3O3. The molecule has 0 spiro atoms. The van der Waals surface area contributed by atoms with Gasteiger partial charge in [0.05, 0.1) is 16.5 Å². The molecule has 0 aromatic heterocycles. The second-order valence-corrected chi connectivity index (χ2v) is 6.52. The molecule has 0 bridgehead atoms. The molecule has 0 aliphatic carbocycles. The molecule has 0 unspecified atom stereocenters. The summed E-state index contributed by atoms with van der Waals surface area (Å²) in [5.41, 5.74) is 6.75. The Morgan fingerprint density at radius 2 is 1.77 bits per heavy atom. The molecule has 7 heteroatoms. The van der Waals surface area contributed by atoms with Crippen LogP contribution in [0.2, 0.25) is 5.02 Å². The molecule has 134 valence electrons. The van der Waals surface area contributed by atoms with E-state index in [4.69, 9.17) is 11.6 Å². The average molecular weight is 372 g/mol. The Morgan fingerprint density at radius 1 is 1.08 bits per heavy atom. The van der Waals surface area contributed by atoms with E-state index < -0.39 is 17.7 Å². The fourth-order valence-electron chi connectivity index (χ4n) is 2.92. The first-order valence-electron chi connectivity index (χ1n) is 8.18. The molecule has 1 fully saturated rings. The molecule has 1 aliphatic rings. The third kappa shape index (κ3) is 3.70. The normalized spacial score (nSPS) is 16.5. The molecule has 26 heavy (non-hydrogen) atoms. The number of hydrazine groups is 1. The first-order valence-corrected chi connectivity index (χ1v) is 8.56. The Hall–Kier alpha value is -2.86. The van der Waals surface area contributed by atoms with Crippen molar-refractivity contribution in [3.63, 3.8) is 0 Å². The van der Waals surface area contributed by atoms with Crippen molar-refractivity contribution in [2.75, 3.05) is 11.4 Å². The second kappa shape index (κ2) is 7.58. The van der Waals surface area contributed by atoms with Gasteiger partial charge in [-0.2, -0.15) is 0 Å². The molecule has 3 rings (SSSR count). The summed E-state index contributed by atoms with van der Waals surface area (Å²) in [5.74, 6) is -1.57. The summed E-state index contributed by atoms with van der Waals surface area (Å²) in [4.78, 5) is 38.3. The van der Waals surface area contributed by atoms with E-state index >= 15 is 0 Å². The number of anilines is 1. The minimum absolute atomic E-state index is 0.0993. The number of halogens is 1.